The number of aromatic nitrogens is 1. The monoisotopic (exact) mass is 579 g/mol. The van der Waals surface area contributed by atoms with E-state index < -0.39 is 13.4 Å². The molecule has 0 bridgehead atoms. The van der Waals surface area contributed by atoms with Crippen molar-refractivity contribution in [3.63, 3.8) is 0 Å². The molecule has 0 saturated carbocycles. The first-order valence-corrected chi connectivity index (χ1v) is 14.0. The number of unbranched alkanes of at least 4 members (excludes halogenated alkanes) is 1. The van der Waals surface area contributed by atoms with Crippen LogP contribution in [0.4, 0.5) is 17.3 Å². The third-order valence-electron chi connectivity index (χ3n) is 7.03. The first-order valence-electron chi connectivity index (χ1n) is 14.0. The molecule has 0 amide bonds. The molecule has 0 atom stereocenters. The van der Waals surface area contributed by atoms with Gasteiger partial charge in [-0.3, -0.25) is 0 Å². The van der Waals surface area contributed by atoms with Crippen molar-refractivity contribution in [3.05, 3.63) is 151 Å². The summed E-state index contributed by atoms with van der Waals surface area (Å²) >= 11 is 0. The first-order chi connectivity index (χ1) is 19.7. The molecule has 5 rings (SSSR count). The predicted molar refractivity (Wildman–Crippen MR) is 167 cm³/mol. The van der Waals surface area contributed by atoms with Crippen LogP contribution >= 0.6 is 0 Å². The number of aryl methyl sites for hydroxylation is 2. The molecular weight excluding hydrogens is 543 g/mol. The van der Waals surface area contributed by atoms with Gasteiger partial charge < -0.3 is 17.3 Å². The summed E-state index contributed by atoms with van der Waals surface area (Å²) in [5.74, 6) is 0. The second-order valence-corrected chi connectivity index (χ2v) is 9.97. The van der Waals surface area contributed by atoms with E-state index >= 15 is 0 Å². The van der Waals surface area contributed by atoms with Gasteiger partial charge in [0.2, 0.25) is 0 Å². The van der Waals surface area contributed by atoms with Gasteiger partial charge in [0.05, 0.1) is 0 Å². The van der Waals surface area contributed by atoms with Crippen molar-refractivity contribution in [3.8, 4) is 0 Å². The van der Waals surface area contributed by atoms with Gasteiger partial charge in [-0.15, -0.1) is 0 Å². The van der Waals surface area contributed by atoms with Gasteiger partial charge in [0.25, 0.3) is 0 Å². The van der Waals surface area contributed by atoms with Crippen molar-refractivity contribution >= 4 is 35.3 Å². The average Bonchev–Trinajstić information content (AvgIpc) is 2.99. The molecule has 212 valence electrons. The normalized spacial score (nSPS) is 10.7. The summed E-state index contributed by atoms with van der Waals surface area (Å²) < 4.78 is 41.2. The zero-order valence-corrected chi connectivity index (χ0v) is 26.6. The van der Waals surface area contributed by atoms with Gasteiger partial charge in [-0.25, -0.2) is 4.57 Å². The third kappa shape index (κ3) is 10.6. The Hall–Kier alpha value is -3.12. The van der Waals surface area contributed by atoms with Crippen molar-refractivity contribution < 1.29 is 51.4 Å². The molecule has 0 saturated heterocycles. The standard InChI is InChI=1S/C24H20B.C10H16N.BF4.Na/c1-5-13-21(14-6-1)25(22-15-7-2-8-16-22,23-17-9-3-10-18-23)24-19-11-4-12-20-24;1-3-4-7-11-8-5-10(2)6-9-11;2-1(3,4)5;/h1-20H;5-6,8-9H,3-4,7H2,1-2H3;;/q-1;+1;-1;+1. The summed E-state index contributed by atoms with van der Waals surface area (Å²) in [5.41, 5.74) is 6.69. The fourth-order valence-corrected chi connectivity index (χ4v) is 5.14. The van der Waals surface area contributed by atoms with E-state index in [0.717, 1.165) is 6.54 Å². The minimum absolute atomic E-state index is 0. The molecule has 0 spiro atoms. The number of benzene rings is 4. The Balaban J connectivity index is 0.000000302. The smallest absolute Gasteiger partial charge is 0.418 e. The largest absolute Gasteiger partial charge is 1.00 e. The summed E-state index contributed by atoms with van der Waals surface area (Å²) in [6.07, 6.45) is 5.61. The molecule has 0 radical (unpaired) electrons. The van der Waals surface area contributed by atoms with E-state index in [1.165, 1.54) is 40.3 Å². The number of hydrogen-bond donors (Lipinski definition) is 0. The van der Waals surface area contributed by atoms with Crippen LogP contribution in [0.2, 0.25) is 0 Å². The maximum absolute atomic E-state index is 9.75. The van der Waals surface area contributed by atoms with Gasteiger partial charge in [-0.05, 0) is 12.5 Å². The van der Waals surface area contributed by atoms with Gasteiger partial charge >= 0.3 is 36.8 Å². The molecule has 1 heterocycles. The molecule has 0 N–H and O–H groups in total. The molecule has 0 aliphatic rings. The van der Waals surface area contributed by atoms with Gasteiger partial charge in [-0.1, -0.05) is 135 Å². The molecule has 8 heteroatoms. The van der Waals surface area contributed by atoms with Crippen molar-refractivity contribution in [2.75, 3.05) is 0 Å². The van der Waals surface area contributed by atoms with E-state index in [1.807, 2.05) is 0 Å². The number of halogens is 4. The van der Waals surface area contributed by atoms with Crippen LogP contribution in [0.3, 0.4) is 0 Å². The van der Waals surface area contributed by atoms with Crippen LogP contribution in [0.15, 0.2) is 146 Å². The number of pyridine rings is 1. The van der Waals surface area contributed by atoms with E-state index in [0.29, 0.717) is 0 Å². The Labute approximate surface area is 270 Å². The number of nitrogens with zero attached hydrogens (tertiary/aromatic N) is 1. The Morgan fingerprint density at radius 2 is 0.810 bits per heavy atom. The molecule has 1 nitrogen and oxygen atoms in total. The zero-order valence-electron chi connectivity index (χ0n) is 24.6. The predicted octanol–water partition coefficient (Wildman–Crippen LogP) is 3.45. The third-order valence-corrected chi connectivity index (χ3v) is 7.03. The van der Waals surface area contributed by atoms with Gasteiger partial charge in [0.1, 0.15) is 12.7 Å². The number of rotatable bonds is 7. The van der Waals surface area contributed by atoms with E-state index in [1.54, 1.807) is 0 Å². The zero-order chi connectivity index (χ0) is 29.6. The van der Waals surface area contributed by atoms with Crippen molar-refractivity contribution in [1.82, 2.24) is 0 Å². The topological polar surface area (TPSA) is 3.88 Å². The van der Waals surface area contributed by atoms with Crippen molar-refractivity contribution in [2.45, 2.75) is 33.2 Å². The summed E-state index contributed by atoms with van der Waals surface area (Å²) in [6, 6.07) is 47.8. The van der Waals surface area contributed by atoms with Crippen LogP contribution in [0.5, 0.6) is 0 Å². The average molecular weight is 579 g/mol. The van der Waals surface area contributed by atoms with Gasteiger partial charge in [-0.2, -0.15) is 21.9 Å². The van der Waals surface area contributed by atoms with Crippen LogP contribution in [0, 0.1) is 6.92 Å². The Bertz CT molecular complexity index is 1240. The molecule has 0 aliphatic heterocycles. The molecule has 0 fully saturated rings. The van der Waals surface area contributed by atoms with Gasteiger partial charge in [0.15, 0.2) is 12.4 Å². The fraction of sp³-hybridized carbons (Fsp3) is 0.147. The second kappa shape index (κ2) is 17.7. The minimum atomic E-state index is -6.00. The van der Waals surface area contributed by atoms with Crippen molar-refractivity contribution in [1.29, 1.82) is 0 Å². The molecule has 4 aromatic carbocycles. The summed E-state index contributed by atoms with van der Waals surface area (Å²) in [7, 11) is -6.00. The van der Waals surface area contributed by atoms with E-state index in [9.17, 15) is 17.3 Å². The maximum Gasteiger partial charge on any atom is 1.00 e. The van der Waals surface area contributed by atoms with E-state index in [-0.39, 0.29) is 29.6 Å². The molecule has 42 heavy (non-hydrogen) atoms. The van der Waals surface area contributed by atoms with Crippen LogP contribution in [0.25, 0.3) is 0 Å². The van der Waals surface area contributed by atoms with E-state index in [2.05, 4.69) is 164 Å². The second-order valence-electron chi connectivity index (χ2n) is 9.97. The fourth-order valence-electron chi connectivity index (χ4n) is 5.14. The summed E-state index contributed by atoms with van der Waals surface area (Å²) in [5, 5.41) is 0. The summed E-state index contributed by atoms with van der Waals surface area (Å²) in [6.45, 7) is 5.48. The molecule has 5 aromatic rings. The SMILES string of the molecule is CCCC[n+]1ccc(C)cc1.F[B-](F)(F)F.[Na+].c1ccc([B-](c2ccccc2)(c2ccccc2)c2ccccc2)cc1. The first kappa shape index (κ1) is 35.1. The molecule has 0 aliphatic carbocycles. The Kier molecular flexibility index (Phi) is 14.8. The van der Waals surface area contributed by atoms with Crippen molar-refractivity contribution in [2.24, 2.45) is 0 Å². The Morgan fingerprint density at radius 3 is 1.07 bits per heavy atom. The maximum atomic E-state index is 9.75. The van der Waals surface area contributed by atoms with E-state index in [4.69, 9.17) is 0 Å². The Morgan fingerprint density at radius 1 is 0.524 bits per heavy atom. The van der Waals surface area contributed by atoms with Crippen LogP contribution in [-0.4, -0.2) is 13.4 Å². The molecule has 0 unspecified atom stereocenters. The van der Waals surface area contributed by atoms with Crippen LogP contribution in [0.1, 0.15) is 25.3 Å². The van der Waals surface area contributed by atoms with Crippen LogP contribution < -0.4 is 56.0 Å². The summed E-state index contributed by atoms with van der Waals surface area (Å²) in [4.78, 5) is 0. The number of hydrogen-bond acceptors (Lipinski definition) is 0. The quantitative estimate of drug-likeness (QED) is 0.158. The van der Waals surface area contributed by atoms with Crippen LogP contribution in [-0.2, 0) is 6.54 Å². The molecular formula is C34H36B2F4NNa. The minimum Gasteiger partial charge on any atom is -0.418 e. The van der Waals surface area contributed by atoms with Gasteiger partial charge in [0, 0.05) is 18.6 Å². The molecule has 1 aromatic heterocycles.